The molecule has 1 heterocycles. The zero-order chi connectivity index (χ0) is 12.9. The molecule has 0 spiro atoms. The van der Waals surface area contributed by atoms with Crippen LogP contribution in [-0.2, 0) is 4.74 Å². The third-order valence-corrected chi connectivity index (χ3v) is 4.52. The average Bonchev–Trinajstić information content (AvgIpc) is 2.36. The van der Waals surface area contributed by atoms with Crippen molar-refractivity contribution < 1.29 is 4.74 Å². The first-order valence-electron chi connectivity index (χ1n) is 7.16. The Balaban J connectivity index is 2.68. The van der Waals surface area contributed by atoms with Crippen molar-refractivity contribution in [2.45, 2.75) is 59.1 Å². The highest BCUT2D eigenvalue weighted by molar-refractivity contribution is 4.86. The third-order valence-electron chi connectivity index (χ3n) is 4.52. The summed E-state index contributed by atoms with van der Waals surface area (Å²) in [4.78, 5) is 2.61. The first kappa shape index (κ1) is 14.9. The van der Waals surface area contributed by atoms with Crippen molar-refractivity contribution in [2.75, 3.05) is 26.2 Å². The van der Waals surface area contributed by atoms with Crippen LogP contribution in [0.25, 0.3) is 0 Å². The van der Waals surface area contributed by atoms with Gasteiger partial charge in [-0.15, -0.1) is 0 Å². The van der Waals surface area contributed by atoms with Crippen LogP contribution in [-0.4, -0.2) is 43.3 Å². The Morgan fingerprint density at radius 3 is 2.41 bits per heavy atom. The molecule has 2 unspecified atom stereocenters. The Bertz CT molecular complexity index is 208. The highest BCUT2D eigenvalue weighted by Gasteiger charge is 2.33. The largest absolute Gasteiger partial charge is 0.376 e. The SMILES string of the molecule is CCC1COC(C)CN1CC(CC)(CC)CN. The van der Waals surface area contributed by atoms with Gasteiger partial charge in [0.05, 0.1) is 12.7 Å². The van der Waals surface area contributed by atoms with Crippen LogP contribution < -0.4 is 5.73 Å². The van der Waals surface area contributed by atoms with Crippen molar-refractivity contribution in [3.8, 4) is 0 Å². The van der Waals surface area contributed by atoms with Crippen molar-refractivity contribution in [3.05, 3.63) is 0 Å². The van der Waals surface area contributed by atoms with Crippen molar-refractivity contribution in [1.29, 1.82) is 0 Å². The molecule has 3 heteroatoms. The van der Waals surface area contributed by atoms with Gasteiger partial charge in [-0.05, 0) is 38.1 Å². The van der Waals surface area contributed by atoms with E-state index in [0.29, 0.717) is 17.6 Å². The van der Waals surface area contributed by atoms with E-state index in [9.17, 15) is 0 Å². The van der Waals surface area contributed by atoms with Gasteiger partial charge in [-0.25, -0.2) is 0 Å². The van der Waals surface area contributed by atoms with Crippen LogP contribution in [0.1, 0.15) is 47.0 Å². The summed E-state index contributed by atoms with van der Waals surface area (Å²) in [5.41, 5.74) is 6.31. The van der Waals surface area contributed by atoms with Gasteiger partial charge in [-0.1, -0.05) is 20.8 Å². The molecule has 3 nitrogen and oxygen atoms in total. The fraction of sp³-hybridized carbons (Fsp3) is 1.00. The Morgan fingerprint density at radius 1 is 1.29 bits per heavy atom. The summed E-state index contributed by atoms with van der Waals surface area (Å²) in [5, 5.41) is 0. The Morgan fingerprint density at radius 2 is 1.94 bits per heavy atom. The summed E-state index contributed by atoms with van der Waals surface area (Å²) in [6, 6.07) is 0.579. The van der Waals surface area contributed by atoms with Crippen molar-refractivity contribution >= 4 is 0 Å². The molecule has 0 aromatic heterocycles. The molecule has 2 N–H and O–H groups in total. The summed E-state index contributed by atoms with van der Waals surface area (Å²) in [6.07, 6.45) is 3.87. The zero-order valence-electron chi connectivity index (χ0n) is 12.0. The van der Waals surface area contributed by atoms with Crippen molar-refractivity contribution in [2.24, 2.45) is 11.1 Å². The predicted molar refractivity (Wildman–Crippen MR) is 73.1 cm³/mol. The van der Waals surface area contributed by atoms with Gasteiger partial charge in [-0.2, -0.15) is 0 Å². The van der Waals surface area contributed by atoms with E-state index in [-0.39, 0.29) is 0 Å². The van der Waals surface area contributed by atoms with Crippen molar-refractivity contribution in [3.63, 3.8) is 0 Å². The van der Waals surface area contributed by atoms with Gasteiger partial charge in [-0.3, -0.25) is 4.90 Å². The van der Waals surface area contributed by atoms with E-state index in [1.807, 2.05) is 0 Å². The van der Waals surface area contributed by atoms with Crippen LogP contribution in [0.15, 0.2) is 0 Å². The summed E-state index contributed by atoms with van der Waals surface area (Å²) in [5.74, 6) is 0. The van der Waals surface area contributed by atoms with Crippen LogP contribution in [0.2, 0.25) is 0 Å². The first-order chi connectivity index (χ1) is 8.10. The molecular formula is C14H30N2O. The van der Waals surface area contributed by atoms with Gasteiger partial charge in [0.2, 0.25) is 0 Å². The maximum absolute atomic E-state index is 6.01. The maximum Gasteiger partial charge on any atom is 0.0674 e. The molecule has 0 radical (unpaired) electrons. The molecule has 1 fully saturated rings. The lowest BCUT2D eigenvalue weighted by Crippen LogP contribution is -2.53. The van der Waals surface area contributed by atoms with Crippen molar-refractivity contribution in [1.82, 2.24) is 4.90 Å². The molecule has 102 valence electrons. The van der Waals surface area contributed by atoms with Crippen LogP contribution in [0.3, 0.4) is 0 Å². The molecule has 2 atom stereocenters. The molecular weight excluding hydrogens is 212 g/mol. The molecule has 1 aliphatic heterocycles. The molecule has 0 aliphatic carbocycles. The fourth-order valence-corrected chi connectivity index (χ4v) is 2.74. The highest BCUT2D eigenvalue weighted by atomic mass is 16.5. The molecule has 1 aliphatic rings. The lowest BCUT2D eigenvalue weighted by atomic mass is 9.81. The van der Waals surface area contributed by atoms with Crippen LogP contribution in [0.5, 0.6) is 0 Å². The summed E-state index contributed by atoms with van der Waals surface area (Å²) >= 11 is 0. The number of hydrogen-bond donors (Lipinski definition) is 1. The second kappa shape index (κ2) is 6.72. The minimum Gasteiger partial charge on any atom is -0.376 e. The van der Waals surface area contributed by atoms with Crippen LogP contribution >= 0.6 is 0 Å². The molecule has 0 aromatic rings. The minimum atomic E-state index is 0.296. The average molecular weight is 242 g/mol. The standard InChI is InChI=1S/C14H30N2O/c1-5-13-9-17-12(4)8-16(13)11-14(6-2,7-3)10-15/h12-13H,5-11,15H2,1-4H3. The molecule has 0 amide bonds. The second-order valence-corrected chi connectivity index (χ2v) is 5.55. The highest BCUT2D eigenvalue weighted by Crippen LogP contribution is 2.28. The number of hydrogen-bond acceptors (Lipinski definition) is 3. The van der Waals surface area contributed by atoms with E-state index in [1.54, 1.807) is 0 Å². The molecule has 17 heavy (non-hydrogen) atoms. The quantitative estimate of drug-likeness (QED) is 0.776. The van der Waals surface area contributed by atoms with E-state index >= 15 is 0 Å². The Hall–Kier alpha value is -0.120. The van der Waals surface area contributed by atoms with Gasteiger partial charge in [0.25, 0.3) is 0 Å². The monoisotopic (exact) mass is 242 g/mol. The third kappa shape index (κ3) is 3.67. The van der Waals surface area contributed by atoms with Gasteiger partial charge in [0.15, 0.2) is 0 Å². The van der Waals surface area contributed by atoms with Gasteiger partial charge >= 0.3 is 0 Å². The van der Waals surface area contributed by atoms with E-state index < -0.39 is 0 Å². The Labute approximate surface area is 107 Å². The van der Waals surface area contributed by atoms with Crippen LogP contribution in [0.4, 0.5) is 0 Å². The number of rotatable bonds is 6. The maximum atomic E-state index is 6.01. The number of ether oxygens (including phenoxy) is 1. The van der Waals surface area contributed by atoms with Crippen LogP contribution in [0, 0.1) is 5.41 Å². The molecule has 1 saturated heterocycles. The van der Waals surface area contributed by atoms with Gasteiger partial charge in [0, 0.05) is 19.1 Å². The lowest BCUT2D eigenvalue weighted by molar-refractivity contribution is -0.0695. The molecule has 0 aromatic carbocycles. The van der Waals surface area contributed by atoms with E-state index in [1.165, 1.54) is 19.3 Å². The normalized spacial score (nSPS) is 27.4. The first-order valence-corrected chi connectivity index (χ1v) is 7.16. The molecule has 0 saturated carbocycles. The molecule has 0 bridgehead atoms. The topological polar surface area (TPSA) is 38.5 Å². The summed E-state index contributed by atoms with van der Waals surface area (Å²) < 4.78 is 5.75. The number of nitrogens with two attached hydrogens (primary N) is 1. The van der Waals surface area contributed by atoms with E-state index in [2.05, 4.69) is 32.6 Å². The lowest BCUT2D eigenvalue weighted by Gasteiger charge is -2.44. The van der Waals surface area contributed by atoms with E-state index in [0.717, 1.165) is 26.2 Å². The minimum absolute atomic E-state index is 0.296. The number of morpholine rings is 1. The van der Waals surface area contributed by atoms with Gasteiger partial charge < -0.3 is 10.5 Å². The zero-order valence-corrected chi connectivity index (χ0v) is 12.0. The smallest absolute Gasteiger partial charge is 0.0674 e. The van der Waals surface area contributed by atoms with Gasteiger partial charge in [0.1, 0.15) is 0 Å². The number of nitrogens with zero attached hydrogens (tertiary/aromatic N) is 1. The summed E-state index contributed by atoms with van der Waals surface area (Å²) in [6.45, 7) is 12.8. The molecule has 1 rings (SSSR count). The Kier molecular flexibility index (Phi) is 5.90. The fourth-order valence-electron chi connectivity index (χ4n) is 2.74. The van der Waals surface area contributed by atoms with E-state index in [4.69, 9.17) is 10.5 Å². The second-order valence-electron chi connectivity index (χ2n) is 5.55. The predicted octanol–water partition coefficient (Wildman–Crippen LogP) is 2.25. The summed E-state index contributed by atoms with van der Waals surface area (Å²) in [7, 11) is 0.